The lowest BCUT2D eigenvalue weighted by Crippen LogP contribution is -2.33. The summed E-state index contributed by atoms with van der Waals surface area (Å²) >= 11 is 5.81. The van der Waals surface area contributed by atoms with Gasteiger partial charge in [0.25, 0.3) is 0 Å². The predicted octanol–water partition coefficient (Wildman–Crippen LogP) is 3.53. The molecule has 0 saturated carbocycles. The van der Waals surface area contributed by atoms with Crippen molar-refractivity contribution in [2.24, 2.45) is 0 Å². The van der Waals surface area contributed by atoms with Gasteiger partial charge in [0.15, 0.2) is 0 Å². The Morgan fingerprint density at radius 2 is 1.65 bits per heavy atom. The van der Waals surface area contributed by atoms with Gasteiger partial charge < -0.3 is 4.90 Å². The van der Waals surface area contributed by atoms with Gasteiger partial charge in [-0.25, -0.2) is 0 Å². The van der Waals surface area contributed by atoms with Gasteiger partial charge in [-0.3, -0.25) is 4.79 Å². The first-order valence-corrected chi connectivity index (χ1v) is 6.57. The molecule has 0 N–H and O–H groups in total. The van der Waals surface area contributed by atoms with Crippen LogP contribution in [0.5, 0.6) is 0 Å². The van der Waals surface area contributed by atoms with Crippen molar-refractivity contribution in [2.45, 2.75) is 33.1 Å². The molecule has 0 unspecified atom stereocenters. The number of nitrogens with zero attached hydrogens (tertiary/aromatic N) is 1. The molecule has 1 amide bonds. The molecule has 0 bridgehead atoms. The molecule has 1 aromatic rings. The minimum absolute atomic E-state index is 0.205. The summed E-state index contributed by atoms with van der Waals surface area (Å²) in [6, 6.07) is 7.48. The highest BCUT2D eigenvalue weighted by atomic mass is 35.5. The quantitative estimate of drug-likeness (QED) is 0.760. The van der Waals surface area contributed by atoms with Crippen LogP contribution in [-0.2, 0) is 11.2 Å². The Balaban J connectivity index is 2.59. The van der Waals surface area contributed by atoms with Gasteiger partial charge in [0.1, 0.15) is 0 Å². The Hall–Kier alpha value is -1.02. The van der Waals surface area contributed by atoms with Gasteiger partial charge in [-0.05, 0) is 30.5 Å². The highest BCUT2D eigenvalue weighted by molar-refractivity contribution is 6.30. The molecule has 0 aliphatic heterocycles. The minimum Gasteiger partial charge on any atom is -0.342 e. The van der Waals surface area contributed by atoms with E-state index in [9.17, 15) is 4.79 Å². The largest absolute Gasteiger partial charge is 0.342 e. The van der Waals surface area contributed by atoms with E-state index >= 15 is 0 Å². The molecule has 0 aliphatic rings. The molecule has 3 heteroatoms. The number of hydrogen-bond acceptors (Lipinski definition) is 1. The van der Waals surface area contributed by atoms with E-state index in [4.69, 9.17) is 11.6 Å². The summed E-state index contributed by atoms with van der Waals surface area (Å²) in [6.07, 6.45) is 2.48. The highest BCUT2D eigenvalue weighted by Crippen LogP contribution is 2.11. The van der Waals surface area contributed by atoms with E-state index in [1.165, 1.54) is 0 Å². The van der Waals surface area contributed by atoms with Gasteiger partial charge in [-0.2, -0.15) is 0 Å². The maximum Gasteiger partial charge on any atom is 0.226 e. The normalized spacial score (nSPS) is 10.3. The van der Waals surface area contributed by atoms with E-state index in [0.717, 1.165) is 31.5 Å². The fourth-order valence-electron chi connectivity index (χ4n) is 1.79. The van der Waals surface area contributed by atoms with Gasteiger partial charge in [0, 0.05) is 18.1 Å². The third-order valence-corrected chi connectivity index (χ3v) is 2.86. The summed E-state index contributed by atoms with van der Waals surface area (Å²) in [6.45, 7) is 5.89. The molecule has 0 aliphatic carbocycles. The summed E-state index contributed by atoms with van der Waals surface area (Å²) in [7, 11) is 0. The Bertz CT molecular complexity index is 342. The van der Waals surface area contributed by atoms with Crippen molar-refractivity contribution in [1.82, 2.24) is 4.90 Å². The molecule has 94 valence electrons. The first kappa shape index (κ1) is 14.0. The standard InChI is InChI=1S/C14H20ClNO/c1-3-9-16(10-4-2)14(17)11-12-5-7-13(15)8-6-12/h5-8H,3-4,9-11H2,1-2H3. The smallest absolute Gasteiger partial charge is 0.226 e. The third-order valence-electron chi connectivity index (χ3n) is 2.61. The van der Waals surface area contributed by atoms with Crippen molar-refractivity contribution in [3.8, 4) is 0 Å². The first-order valence-electron chi connectivity index (χ1n) is 6.19. The maximum atomic E-state index is 12.1. The molecule has 2 nitrogen and oxygen atoms in total. The van der Waals surface area contributed by atoms with Crippen LogP contribution in [-0.4, -0.2) is 23.9 Å². The van der Waals surface area contributed by atoms with Crippen LogP contribution in [0.2, 0.25) is 5.02 Å². The second-order valence-electron chi connectivity index (χ2n) is 4.18. The van der Waals surface area contributed by atoms with E-state index in [0.29, 0.717) is 11.4 Å². The van der Waals surface area contributed by atoms with E-state index in [2.05, 4.69) is 13.8 Å². The number of amides is 1. The van der Waals surface area contributed by atoms with Crippen LogP contribution in [0.15, 0.2) is 24.3 Å². The molecule has 0 fully saturated rings. The Labute approximate surface area is 109 Å². The van der Waals surface area contributed by atoms with E-state index in [1.807, 2.05) is 29.2 Å². The van der Waals surface area contributed by atoms with E-state index in [1.54, 1.807) is 0 Å². The van der Waals surface area contributed by atoms with Crippen LogP contribution >= 0.6 is 11.6 Å². The monoisotopic (exact) mass is 253 g/mol. The first-order chi connectivity index (χ1) is 8.17. The van der Waals surface area contributed by atoms with Crippen molar-refractivity contribution >= 4 is 17.5 Å². The van der Waals surface area contributed by atoms with Crippen LogP contribution in [0.3, 0.4) is 0 Å². The molecule has 1 aromatic carbocycles. The number of halogens is 1. The van der Waals surface area contributed by atoms with Crippen molar-refractivity contribution in [3.63, 3.8) is 0 Å². The highest BCUT2D eigenvalue weighted by Gasteiger charge is 2.11. The van der Waals surface area contributed by atoms with Crippen molar-refractivity contribution in [2.75, 3.05) is 13.1 Å². The number of carbonyl (C=O) groups is 1. The Morgan fingerprint density at radius 1 is 1.12 bits per heavy atom. The zero-order valence-electron chi connectivity index (χ0n) is 10.6. The predicted molar refractivity (Wildman–Crippen MR) is 72.3 cm³/mol. The zero-order chi connectivity index (χ0) is 12.7. The number of hydrogen-bond donors (Lipinski definition) is 0. The fourth-order valence-corrected chi connectivity index (χ4v) is 1.92. The summed E-state index contributed by atoms with van der Waals surface area (Å²) in [5.41, 5.74) is 1.02. The molecule has 0 aromatic heterocycles. The lowest BCUT2D eigenvalue weighted by Gasteiger charge is -2.21. The summed E-state index contributed by atoms with van der Waals surface area (Å²) in [5.74, 6) is 0.205. The summed E-state index contributed by atoms with van der Waals surface area (Å²) in [5, 5.41) is 0.708. The molecule has 1 rings (SSSR count). The molecule has 0 heterocycles. The zero-order valence-corrected chi connectivity index (χ0v) is 11.3. The second-order valence-corrected chi connectivity index (χ2v) is 4.62. The average Bonchev–Trinajstić information content (AvgIpc) is 2.32. The van der Waals surface area contributed by atoms with Gasteiger partial charge in [-0.15, -0.1) is 0 Å². The maximum absolute atomic E-state index is 12.1. The minimum atomic E-state index is 0.205. The van der Waals surface area contributed by atoms with Crippen LogP contribution < -0.4 is 0 Å². The fraction of sp³-hybridized carbons (Fsp3) is 0.500. The van der Waals surface area contributed by atoms with Crippen LogP contribution in [0.1, 0.15) is 32.3 Å². The van der Waals surface area contributed by atoms with Gasteiger partial charge in [-0.1, -0.05) is 37.6 Å². The van der Waals surface area contributed by atoms with Gasteiger partial charge in [0.05, 0.1) is 6.42 Å². The lowest BCUT2D eigenvalue weighted by molar-refractivity contribution is -0.130. The van der Waals surface area contributed by atoms with Gasteiger partial charge >= 0.3 is 0 Å². The SMILES string of the molecule is CCCN(CCC)C(=O)Cc1ccc(Cl)cc1. The molecule has 0 saturated heterocycles. The van der Waals surface area contributed by atoms with Crippen LogP contribution in [0.25, 0.3) is 0 Å². The van der Waals surface area contributed by atoms with Crippen LogP contribution in [0, 0.1) is 0 Å². The molecule has 0 radical (unpaired) electrons. The Kier molecular flexibility index (Phi) is 6.06. The number of benzene rings is 1. The summed E-state index contributed by atoms with van der Waals surface area (Å²) in [4.78, 5) is 14.0. The molecule has 0 atom stereocenters. The van der Waals surface area contributed by atoms with Gasteiger partial charge in [0.2, 0.25) is 5.91 Å². The van der Waals surface area contributed by atoms with Crippen molar-refractivity contribution in [3.05, 3.63) is 34.9 Å². The van der Waals surface area contributed by atoms with E-state index in [-0.39, 0.29) is 5.91 Å². The second kappa shape index (κ2) is 7.33. The lowest BCUT2D eigenvalue weighted by atomic mass is 10.1. The third kappa shape index (κ3) is 4.78. The molecular formula is C14H20ClNO. The van der Waals surface area contributed by atoms with E-state index < -0.39 is 0 Å². The molecule has 0 spiro atoms. The Morgan fingerprint density at radius 3 is 2.12 bits per heavy atom. The van der Waals surface area contributed by atoms with Crippen molar-refractivity contribution < 1.29 is 4.79 Å². The summed E-state index contributed by atoms with van der Waals surface area (Å²) < 4.78 is 0. The molecule has 17 heavy (non-hydrogen) atoms. The number of carbonyl (C=O) groups excluding carboxylic acids is 1. The van der Waals surface area contributed by atoms with Crippen molar-refractivity contribution in [1.29, 1.82) is 0 Å². The molecular weight excluding hydrogens is 234 g/mol. The van der Waals surface area contributed by atoms with Crippen LogP contribution in [0.4, 0.5) is 0 Å². The average molecular weight is 254 g/mol. The topological polar surface area (TPSA) is 20.3 Å². The number of rotatable bonds is 6.